The van der Waals surface area contributed by atoms with Crippen molar-refractivity contribution in [2.75, 3.05) is 13.2 Å². The molecule has 2 atom stereocenters. The summed E-state index contributed by atoms with van der Waals surface area (Å²) in [5.74, 6) is 0.502. The molecule has 0 radical (unpaired) electrons. The van der Waals surface area contributed by atoms with Crippen LogP contribution in [0.25, 0.3) is 0 Å². The van der Waals surface area contributed by atoms with Crippen LogP contribution in [0.3, 0.4) is 0 Å². The fourth-order valence-corrected chi connectivity index (χ4v) is 3.75. The van der Waals surface area contributed by atoms with E-state index in [0.717, 1.165) is 5.56 Å². The summed E-state index contributed by atoms with van der Waals surface area (Å²) < 4.78 is 11.0. The molecule has 4 rings (SSSR count). The first-order valence-corrected chi connectivity index (χ1v) is 8.11. The molecule has 0 saturated carbocycles. The van der Waals surface area contributed by atoms with Gasteiger partial charge in [0.2, 0.25) is 11.8 Å². The molecule has 120 valence electrons. The van der Waals surface area contributed by atoms with Crippen LogP contribution in [-0.2, 0) is 16.1 Å². The minimum absolute atomic E-state index is 0.0876. The monoisotopic (exact) mass is 333 g/mol. The number of allylic oxidation sites excluding steroid dienone is 2. The summed E-state index contributed by atoms with van der Waals surface area (Å²) in [5.41, 5.74) is 0.771. The molecule has 0 N–H and O–H groups in total. The maximum absolute atomic E-state index is 12.5. The van der Waals surface area contributed by atoms with Crippen LogP contribution >= 0.6 is 11.6 Å². The van der Waals surface area contributed by atoms with E-state index in [2.05, 4.69) is 0 Å². The van der Waals surface area contributed by atoms with Crippen LogP contribution in [0.5, 0.6) is 11.5 Å². The molecule has 1 aromatic rings. The molecule has 1 fully saturated rings. The first kappa shape index (κ1) is 14.6. The number of hydrogen-bond acceptors (Lipinski definition) is 4. The maximum Gasteiger partial charge on any atom is 0.233 e. The lowest BCUT2D eigenvalue weighted by Crippen LogP contribution is -2.30. The van der Waals surface area contributed by atoms with Gasteiger partial charge in [-0.05, 0) is 30.5 Å². The molecule has 0 unspecified atom stereocenters. The Bertz CT molecular complexity index is 689. The molecule has 1 aliphatic carbocycles. The Morgan fingerprint density at radius 2 is 1.70 bits per heavy atom. The lowest BCUT2D eigenvalue weighted by molar-refractivity contribution is -0.140. The topological polar surface area (TPSA) is 55.8 Å². The van der Waals surface area contributed by atoms with Crippen molar-refractivity contribution in [2.24, 2.45) is 11.8 Å². The van der Waals surface area contributed by atoms with E-state index in [4.69, 9.17) is 21.1 Å². The molecule has 2 aliphatic heterocycles. The average molecular weight is 334 g/mol. The van der Waals surface area contributed by atoms with Crippen molar-refractivity contribution < 1.29 is 19.1 Å². The van der Waals surface area contributed by atoms with Gasteiger partial charge in [0.25, 0.3) is 0 Å². The molecule has 6 heteroatoms. The molecule has 23 heavy (non-hydrogen) atoms. The van der Waals surface area contributed by atoms with Gasteiger partial charge in [0.05, 0.1) is 23.4 Å². The van der Waals surface area contributed by atoms with Gasteiger partial charge in [0.15, 0.2) is 11.5 Å². The van der Waals surface area contributed by atoms with Crippen LogP contribution < -0.4 is 9.47 Å². The van der Waals surface area contributed by atoms with Gasteiger partial charge in [-0.3, -0.25) is 14.5 Å². The Kier molecular flexibility index (Phi) is 3.53. The largest absolute Gasteiger partial charge is 0.486 e. The van der Waals surface area contributed by atoms with E-state index in [1.54, 1.807) is 12.1 Å². The molecule has 0 aromatic heterocycles. The van der Waals surface area contributed by atoms with E-state index in [1.807, 2.05) is 12.2 Å². The second kappa shape index (κ2) is 5.57. The van der Waals surface area contributed by atoms with Crippen LogP contribution in [0.2, 0.25) is 5.02 Å². The molecule has 1 saturated heterocycles. The fraction of sp³-hybridized carbons (Fsp3) is 0.412. The number of imide groups is 1. The molecular weight excluding hydrogens is 318 g/mol. The van der Waals surface area contributed by atoms with Crippen LogP contribution in [0.15, 0.2) is 24.3 Å². The number of hydrogen-bond donors (Lipinski definition) is 0. The molecule has 0 spiro atoms. The van der Waals surface area contributed by atoms with Crippen LogP contribution in [0.1, 0.15) is 18.4 Å². The van der Waals surface area contributed by atoms with Gasteiger partial charge in [-0.1, -0.05) is 23.8 Å². The minimum atomic E-state index is -0.208. The SMILES string of the molecule is O=C1[C@H]2CC=CC[C@@H]2C(=O)N1Cc1cc(Cl)c2c(c1)OCCO2. The Hall–Kier alpha value is -2.01. The normalized spacial score (nSPS) is 25.7. The highest BCUT2D eigenvalue weighted by atomic mass is 35.5. The van der Waals surface area contributed by atoms with Gasteiger partial charge in [-0.25, -0.2) is 0 Å². The minimum Gasteiger partial charge on any atom is -0.486 e. The third kappa shape index (κ3) is 2.39. The summed E-state index contributed by atoms with van der Waals surface area (Å²) in [5, 5.41) is 0.440. The smallest absolute Gasteiger partial charge is 0.233 e. The highest BCUT2D eigenvalue weighted by Crippen LogP contribution is 2.40. The molecule has 0 bridgehead atoms. The highest BCUT2D eigenvalue weighted by Gasteiger charge is 2.47. The first-order valence-electron chi connectivity index (χ1n) is 7.73. The Balaban J connectivity index is 1.60. The van der Waals surface area contributed by atoms with E-state index in [1.165, 1.54) is 4.90 Å². The second-order valence-electron chi connectivity index (χ2n) is 6.02. The summed E-state index contributed by atoms with van der Waals surface area (Å²) in [6.07, 6.45) is 5.26. The lowest BCUT2D eigenvalue weighted by Gasteiger charge is -2.21. The first-order chi connectivity index (χ1) is 11.1. The fourth-order valence-electron chi connectivity index (χ4n) is 3.46. The summed E-state index contributed by atoms with van der Waals surface area (Å²) in [4.78, 5) is 26.4. The van der Waals surface area contributed by atoms with Gasteiger partial charge in [-0.15, -0.1) is 0 Å². The number of fused-ring (bicyclic) bond motifs is 2. The third-order valence-corrected chi connectivity index (χ3v) is 4.88. The predicted molar refractivity (Wildman–Crippen MR) is 83.4 cm³/mol. The molecule has 3 aliphatic rings. The Morgan fingerprint density at radius 3 is 2.39 bits per heavy atom. The van der Waals surface area contributed by atoms with E-state index in [-0.39, 0.29) is 30.2 Å². The number of ether oxygens (including phenoxy) is 2. The zero-order valence-electron chi connectivity index (χ0n) is 12.5. The quantitative estimate of drug-likeness (QED) is 0.616. The molecule has 1 aromatic carbocycles. The van der Waals surface area contributed by atoms with Crippen molar-refractivity contribution in [3.8, 4) is 11.5 Å². The zero-order chi connectivity index (χ0) is 16.0. The highest BCUT2D eigenvalue weighted by molar-refractivity contribution is 6.32. The van der Waals surface area contributed by atoms with Crippen molar-refractivity contribution >= 4 is 23.4 Å². The van der Waals surface area contributed by atoms with E-state index < -0.39 is 0 Å². The molecule has 2 heterocycles. The van der Waals surface area contributed by atoms with Gasteiger partial charge in [0, 0.05) is 0 Å². The van der Waals surface area contributed by atoms with Crippen LogP contribution in [0, 0.1) is 11.8 Å². The number of nitrogens with zero attached hydrogens (tertiary/aromatic N) is 1. The van der Waals surface area contributed by atoms with E-state index >= 15 is 0 Å². The number of halogens is 1. The van der Waals surface area contributed by atoms with Crippen LogP contribution in [-0.4, -0.2) is 29.9 Å². The second-order valence-corrected chi connectivity index (χ2v) is 6.43. The van der Waals surface area contributed by atoms with Gasteiger partial charge >= 0.3 is 0 Å². The van der Waals surface area contributed by atoms with Gasteiger partial charge in [-0.2, -0.15) is 0 Å². The Labute approximate surface area is 138 Å². The summed E-state index contributed by atoms with van der Waals surface area (Å²) in [6.45, 7) is 1.15. The van der Waals surface area contributed by atoms with Gasteiger partial charge in [0.1, 0.15) is 13.2 Å². The summed E-state index contributed by atoms with van der Waals surface area (Å²) in [7, 11) is 0. The van der Waals surface area contributed by atoms with Crippen molar-refractivity contribution in [3.63, 3.8) is 0 Å². The number of benzene rings is 1. The van der Waals surface area contributed by atoms with Crippen molar-refractivity contribution in [3.05, 3.63) is 34.9 Å². The van der Waals surface area contributed by atoms with Crippen LogP contribution in [0.4, 0.5) is 0 Å². The number of carbonyl (C=O) groups is 2. The Morgan fingerprint density at radius 1 is 1.04 bits per heavy atom. The molecule has 2 amide bonds. The molecule has 5 nitrogen and oxygen atoms in total. The maximum atomic E-state index is 12.5. The van der Waals surface area contributed by atoms with Gasteiger partial charge < -0.3 is 9.47 Å². The standard InChI is InChI=1S/C17H16ClNO4/c18-13-7-10(8-14-15(13)23-6-5-22-14)9-19-16(20)11-3-1-2-4-12(11)17(19)21/h1-2,7-8,11-12H,3-6,9H2/t11-,12-/m0/s1. The number of amides is 2. The lowest BCUT2D eigenvalue weighted by atomic mass is 9.85. The average Bonchev–Trinajstić information content (AvgIpc) is 2.81. The summed E-state index contributed by atoms with van der Waals surface area (Å²) in [6, 6.07) is 3.52. The van der Waals surface area contributed by atoms with Crippen molar-refractivity contribution in [1.29, 1.82) is 0 Å². The number of rotatable bonds is 2. The third-order valence-electron chi connectivity index (χ3n) is 4.60. The number of carbonyl (C=O) groups excluding carboxylic acids is 2. The summed E-state index contributed by atoms with van der Waals surface area (Å²) >= 11 is 6.22. The van der Waals surface area contributed by atoms with E-state index in [0.29, 0.717) is 42.6 Å². The van der Waals surface area contributed by atoms with Crippen molar-refractivity contribution in [1.82, 2.24) is 4.90 Å². The molecular formula is C17H16ClNO4. The predicted octanol–water partition coefficient (Wildman–Crippen LogP) is 2.56. The zero-order valence-corrected chi connectivity index (χ0v) is 13.2. The number of likely N-dealkylation sites (tertiary alicyclic amines) is 1. The van der Waals surface area contributed by atoms with E-state index in [9.17, 15) is 9.59 Å². The van der Waals surface area contributed by atoms with Crippen molar-refractivity contribution in [2.45, 2.75) is 19.4 Å².